The van der Waals surface area contributed by atoms with Crippen LogP contribution in [0.4, 0.5) is 11.4 Å². The SMILES string of the molecule is CCCCNC(=S)c1ccc2c(c1)N(C(C)CN(C)CC)c1ccccc1S2. The fourth-order valence-electron chi connectivity index (χ4n) is 3.54. The Morgan fingerprint density at radius 3 is 2.64 bits per heavy atom. The zero-order valence-electron chi connectivity index (χ0n) is 17.4. The van der Waals surface area contributed by atoms with E-state index in [1.165, 1.54) is 27.6 Å². The highest BCUT2D eigenvalue weighted by Gasteiger charge is 2.28. The van der Waals surface area contributed by atoms with E-state index < -0.39 is 0 Å². The fraction of sp³-hybridized carbons (Fsp3) is 0.435. The van der Waals surface area contributed by atoms with Crippen LogP contribution < -0.4 is 10.2 Å². The lowest BCUT2D eigenvalue weighted by Gasteiger charge is -2.39. The van der Waals surface area contributed by atoms with Crippen molar-refractivity contribution in [3.63, 3.8) is 0 Å². The molecule has 0 aliphatic carbocycles. The fourth-order valence-corrected chi connectivity index (χ4v) is 4.82. The van der Waals surface area contributed by atoms with E-state index in [-0.39, 0.29) is 0 Å². The molecule has 0 spiro atoms. The number of fused-ring (bicyclic) bond motifs is 2. The Labute approximate surface area is 179 Å². The van der Waals surface area contributed by atoms with Crippen molar-refractivity contribution in [3.8, 4) is 0 Å². The average Bonchev–Trinajstić information content (AvgIpc) is 2.71. The Balaban J connectivity index is 1.95. The van der Waals surface area contributed by atoms with Crippen molar-refractivity contribution >= 4 is 40.3 Å². The molecular weight excluding hydrogens is 382 g/mol. The summed E-state index contributed by atoms with van der Waals surface area (Å²) in [7, 11) is 2.19. The Morgan fingerprint density at radius 1 is 1.14 bits per heavy atom. The Morgan fingerprint density at radius 2 is 1.89 bits per heavy atom. The van der Waals surface area contributed by atoms with Gasteiger partial charge in [-0.3, -0.25) is 0 Å². The van der Waals surface area contributed by atoms with Crippen LogP contribution in [0.5, 0.6) is 0 Å². The standard InChI is InChI=1S/C23H31N3S2/c1-5-7-14-24-23(27)18-12-13-22-20(15-18)26(17(3)16-25(4)6-2)19-10-8-9-11-21(19)28-22/h8-13,15,17H,5-7,14,16H2,1-4H3,(H,24,27). The number of hydrogen-bond acceptors (Lipinski definition) is 4. The molecule has 1 aliphatic heterocycles. The zero-order valence-corrected chi connectivity index (χ0v) is 19.0. The summed E-state index contributed by atoms with van der Waals surface area (Å²) in [6, 6.07) is 15.7. The molecule has 0 bridgehead atoms. The highest BCUT2D eigenvalue weighted by Crippen LogP contribution is 2.49. The van der Waals surface area contributed by atoms with Crippen LogP contribution in [0.15, 0.2) is 52.3 Å². The molecule has 0 saturated carbocycles. The molecule has 0 radical (unpaired) electrons. The molecule has 28 heavy (non-hydrogen) atoms. The van der Waals surface area contributed by atoms with E-state index in [1.807, 2.05) is 11.8 Å². The minimum absolute atomic E-state index is 0.364. The number of para-hydroxylation sites is 1. The average molecular weight is 414 g/mol. The molecule has 0 fully saturated rings. The van der Waals surface area contributed by atoms with Gasteiger partial charge in [0, 0.05) is 34.5 Å². The van der Waals surface area contributed by atoms with Crippen molar-refractivity contribution in [2.45, 2.75) is 49.4 Å². The maximum Gasteiger partial charge on any atom is 0.106 e. The molecule has 1 N–H and O–H groups in total. The molecule has 1 unspecified atom stereocenters. The van der Waals surface area contributed by atoms with Crippen LogP contribution in [-0.2, 0) is 0 Å². The van der Waals surface area contributed by atoms with Gasteiger partial charge in [-0.05, 0) is 51.2 Å². The summed E-state index contributed by atoms with van der Waals surface area (Å²) in [4.78, 5) is 8.32. The Hall–Kier alpha value is -1.56. The molecule has 0 aromatic heterocycles. The predicted octanol–water partition coefficient (Wildman–Crippen LogP) is 5.69. The van der Waals surface area contributed by atoms with E-state index in [9.17, 15) is 0 Å². The lowest BCUT2D eigenvalue weighted by Crippen LogP contribution is -2.39. The van der Waals surface area contributed by atoms with Gasteiger partial charge in [-0.15, -0.1) is 0 Å². The molecule has 2 aromatic rings. The number of unbranched alkanes of at least 4 members (excludes halogenated alkanes) is 1. The molecule has 0 saturated heterocycles. The van der Waals surface area contributed by atoms with Gasteiger partial charge in [0.15, 0.2) is 0 Å². The van der Waals surface area contributed by atoms with E-state index in [1.54, 1.807) is 0 Å². The third-order valence-corrected chi connectivity index (χ3v) is 6.71. The van der Waals surface area contributed by atoms with Crippen molar-refractivity contribution in [1.29, 1.82) is 0 Å². The predicted molar refractivity (Wildman–Crippen MR) is 126 cm³/mol. The summed E-state index contributed by atoms with van der Waals surface area (Å²) in [5.74, 6) is 0. The van der Waals surface area contributed by atoms with Crippen LogP contribution in [0.2, 0.25) is 0 Å². The number of rotatable bonds is 8. The number of nitrogens with one attached hydrogen (secondary N) is 1. The van der Waals surface area contributed by atoms with Crippen LogP contribution in [0.25, 0.3) is 0 Å². The van der Waals surface area contributed by atoms with Crippen molar-refractivity contribution in [3.05, 3.63) is 48.0 Å². The summed E-state index contributed by atoms with van der Waals surface area (Å²) in [5, 5.41) is 3.41. The van der Waals surface area contributed by atoms with Gasteiger partial charge in [0.1, 0.15) is 4.99 Å². The van der Waals surface area contributed by atoms with Gasteiger partial charge in [0.25, 0.3) is 0 Å². The van der Waals surface area contributed by atoms with E-state index >= 15 is 0 Å². The molecular formula is C23H31N3S2. The molecule has 0 amide bonds. The second kappa shape index (κ2) is 9.77. The number of thiocarbonyl (C=S) groups is 1. The normalized spacial score (nSPS) is 13.8. The third-order valence-electron chi connectivity index (χ3n) is 5.20. The van der Waals surface area contributed by atoms with Crippen molar-refractivity contribution in [2.24, 2.45) is 0 Å². The van der Waals surface area contributed by atoms with Crippen LogP contribution in [0.3, 0.4) is 0 Å². The number of hydrogen-bond donors (Lipinski definition) is 1. The second-order valence-electron chi connectivity index (χ2n) is 7.44. The maximum absolute atomic E-state index is 5.67. The van der Waals surface area contributed by atoms with Gasteiger partial charge < -0.3 is 15.1 Å². The van der Waals surface area contributed by atoms with Gasteiger partial charge in [-0.25, -0.2) is 0 Å². The molecule has 150 valence electrons. The van der Waals surface area contributed by atoms with Crippen LogP contribution in [0, 0.1) is 0 Å². The van der Waals surface area contributed by atoms with Crippen molar-refractivity contribution < 1.29 is 0 Å². The summed E-state index contributed by atoms with van der Waals surface area (Å²) < 4.78 is 0. The lowest BCUT2D eigenvalue weighted by atomic mass is 10.1. The number of likely N-dealkylation sites (N-methyl/N-ethyl adjacent to an activating group) is 1. The second-order valence-corrected chi connectivity index (χ2v) is 8.93. The highest BCUT2D eigenvalue weighted by atomic mass is 32.2. The topological polar surface area (TPSA) is 18.5 Å². The highest BCUT2D eigenvalue weighted by molar-refractivity contribution is 7.99. The smallest absolute Gasteiger partial charge is 0.106 e. The summed E-state index contributed by atoms with van der Waals surface area (Å²) in [5.41, 5.74) is 3.66. The number of benzene rings is 2. The molecule has 1 atom stereocenters. The minimum atomic E-state index is 0.364. The summed E-state index contributed by atoms with van der Waals surface area (Å²) in [6.45, 7) is 9.72. The van der Waals surface area contributed by atoms with Gasteiger partial charge in [0.05, 0.1) is 11.4 Å². The molecule has 5 heteroatoms. The Bertz CT molecular complexity index is 821. The first-order valence-electron chi connectivity index (χ1n) is 10.2. The number of nitrogens with zero attached hydrogens (tertiary/aromatic N) is 2. The first-order chi connectivity index (χ1) is 13.5. The van der Waals surface area contributed by atoms with Gasteiger partial charge in [0.2, 0.25) is 0 Å². The summed E-state index contributed by atoms with van der Waals surface area (Å²) in [6.07, 6.45) is 2.31. The van der Waals surface area contributed by atoms with Gasteiger partial charge >= 0.3 is 0 Å². The number of anilines is 2. The maximum atomic E-state index is 5.67. The van der Waals surface area contributed by atoms with E-state index in [0.717, 1.165) is 36.6 Å². The van der Waals surface area contributed by atoms with Crippen molar-refractivity contribution in [1.82, 2.24) is 10.2 Å². The Kier molecular flexibility index (Phi) is 7.38. The van der Waals surface area contributed by atoms with Crippen molar-refractivity contribution in [2.75, 3.05) is 31.6 Å². The third kappa shape index (κ3) is 4.70. The zero-order chi connectivity index (χ0) is 20.1. The van der Waals surface area contributed by atoms with Crippen LogP contribution >= 0.6 is 24.0 Å². The van der Waals surface area contributed by atoms with E-state index in [4.69, 9.17) is 12.2 Å². The molecule has 3 rings (SSSR count). The summed E-state index contributed by atoms with van der Waals surface area (Å²) >= 11 is 7.52. The first-order valence-corrected chi connectivity index (χ1v) is 11.4. The quantitative estimate of drug-likeness (QED) is 0.441. The van der Waals surface area contributed by atoms with Gasteiger partial charge in [-0.2, -0.15) is 0 Å². The lowest BCUT2D eigenvalue weighted by molar-refractivity contribution is 0.332. The first kappa shape index (κ1) is 21.2. The largest absolute Gasteiger partial charge is 0.376 e. The molecule has 3 nitrogen and oxygen atoms in total. The van der Waals surface area contributed by atoms with Crippen LogP contribution in [0.1, 0.15) is 39.2 Å². The van der Waals surface area contributed by atoms with E-state index in [0.29, 0.717) is 6.04 Å². The van der Waals surface area contributed by atoms with Gasteiger partial charge in [-0.1, -0.05) is 62.4 Å². The molecule has 1 heterocycles. The van der Waals surface area contributed by atoms with E-state index in [2.05, 4.69) is 85.4 Å². The monoisotopic (exact) mass is 413 g/mol. The molecule has 1 aliphatic rings. The van der Waals surface area contributed by atoms with Crippen LogP contribution in [-0.4, -0.2) is 42.6 Å². The minimum Gasteiger partial charge on any atom is -0.376 e. The molecule has 2 aromatic carbocycles.